The normalized spacial score (nSPS) is 19.4. The van der Waals surface area contributed by atoms with Crippen molar-refractivity contribution in [3.05, 3.63) is 41.2 Å². The van der Waals surface area contributed by atoms with Crippen LogP contribution in [0.1, 0.15) is 50.7 Å². The molecule has 1 fully saturated rings. The summed E-state index contributed by atoms with van der Waals surface area (Å²) in [5.41, 5.74) is 0.417. The molecule has 1 aromatic carbocycles. The van der Waals surface area contributed by atoms with E-state index < -0.39 is 23.0 Å². The Kier molecular flexibility index (Phi) is 4.67. The van der Waals surface area contributed by atoms with Crippen molar-refractivity contribution >= 4 is 29.1 Å². The number of hydrogen-bond donors (Lipinski definition) is 0. The Morgan fingerprint density at radius 2 is 1.92 bits per heavy atom. The monoisotopic (exact) mass is 362 g/mol. The maximum atomic E-state index is 12.7. The average molecular weight is 363 g/mol. The van der Waals surface area contributed by atoms with Crippen LogP contribution in [0.15, 0.2) is 30.0 Å². The molecule has 0 saturated heterocycles. The summed E-state index contributed by atoms with van der Waals surface area (Å²) in [7, 11) is 0. The Morgan fingerprint density at radius 3 is 2.52 bits per heavy atom. The van der Waals surface area contributed by atoms with Crippen molar-refractivity contribution in [3.63, 3.8) is 0 Å². The summed E-state index contributed by atoms with van der Waals surface area (Å²) < 4.78 is 11.6. The third kappa shape index (κ3) is 3.08. The van der Waals surface area contributed by atoms with E-state index in [-0.39, 0.29) is 5.88 Å². The van der Waals surface area contributed by atoms with Crippen molar-refractivity contribution in [1.29, 1.82) is 0 Å². The predicted molar refractivity (Wildman–Crippen MR) is 96.0 cm³/mol. The van der Waals surface area contributed by atoms with E-state index >= 15 is 0 Å². The molecular formula is C20H23ClO4. The van der Waals surface area contributed by atoms with Crippen LogP contribution in [0.3, 0.4) is 0 Å². The zero-order chi connectivity index (χ0) is 18.2. The van der Waals surface area contributed by atoms with Gasteiger partial charge in [-0.25, -0.2) is 4.79 Å². The number of rotatable bonds is 4. The molecule has 25 heavy (non-hydrogen) atoms. The molecular weight excluding hydrogens is 340 g/mol. The minimum atomic E-state index is -0.836. The van der Waals surface area contributed by atoms with Gasteiger partial charge in [0.25, 0.3) is 0 Å². The van der Waals surface area contributed by atoms with E-state index in [1.54, 1.807) is 13.8 Å². The van der Waals surface area contributed by atoms with Gasteiger partial charge in [-0.3, -0.25) is 4.79 Å². The lowest BCUT2D eigenvalue weighted by Crippen LogP contribution is -2.34. The molecule has 1 spiro atoms. The summed E-state index contributed by atoms with van der Waals surface area (Å²) in [5.74, 6) is -0.344. The third-order valence-electron chi connectivity index (χ3n) is 5.04. The summed E-state index contributed by atoms with van der Waals surface area (Å²) >= 11 is 5.92. The van der Waals surface area contributed by atoms with Crippen molar-refractivity contribution in [1.82, 2.24) is 0 Å². The molecule has 1 aliphatic heterocycles. The first-order valence-corrected chi connectivity index (χ1v) is 9.16. The van der Waals surface area contributed by atoms with Gasteiger partial charge in [-0.15, -0.1) is 11.6 Å². The molecule has 0 unspecified atom stereocenters. The number of ether oxygens (including phenoxy) is 2. The SMILES string of the molecule is Cc1ccccc1C1=C(OC(=O)C(C)(C)CCl)C2(CCCC2)OC1=O. The largest absolute Gasteiger partial charge is 0.447 e. The molecule has 134 valence electrons. The van der Waals surface area contributed by atoms with Crippen molar-refractivity contribution in [3.8, 4) is 0 Å². The summed E-state index contributed by atoms with van der Waals surface area (Å²) in [5, 5.41) is 0. The molecule has 3 rings (SSSR count). The highest BCUT2D eigenvalue weighted by Crippen LogP contribution is 2.49. The first kappa shape index (κ1) is 18.0. The quantitative estimate of drug-likeness (QED) is 0.589. The fourth-order valence-corrected chi connectivity index (χ4v) is 3.49. The summed E-state index contributed by atoms with van der Waals surface area (Å²) in [4.78, 5) is 25.4. The average Bonchev–Trinajstić information content (AvgIpc) is 3.14. The van der Waals surface area contributed by atoms with E-state index in [9.17, 15) is 9.59 Å². The predicted octanol–water partition coefficient (Wildman–Crippen LogP) is 4.38. The van der Waals surface area contributed by atoms with Gasteiger partial charge in [0.05, 0.1) is 5.41 Å². The van der Waals surface area contributed by atoms with E-state index in [4.69, 9.17) is 21.1 Å². The number of esters is 2. The smallest absolute Gasteiger partial charge is 0.343 e. The Morgan fingerprint density at radius 1 is 1.28 bits per heavy atom. The fourth-order valence-electron chi connectivity index (χ4n) is 3.39. The zero-order valence-electron chi connectivity index (χ0n) is 14.9. The van der Waals surface area contributed by atoms with Gasteiger partial charge in [0.2, 0.25) is 0 Å². The first-order valence-electron chi connectivity index (χ1n) is 8.63. The van der Waals surface area contributed by atoms with Crippen LogP contribution in [0, 0.1) is 12.3 Å². The zero-order valence-corrected chi connectivity index (χ0v) is 15.6. The second kappa shape index (κ2) is 6.49. The van der Waals surface area contributed by atoms with Gasteiger partial charge in [0.1, 0.15) is 5.57 Å². The van der Waals surface area contributed by atoms with E-state index in [1.165, 1.54) is 0 Å². The van der Waals surface area contributed by atoms with Gasteiger partial charge in [0.15, 0.2) is 11.4 Å². The second-order valence-corrected chi connectivity index (χ2v) is 7.78. The standard InChI is InChI=1S/C20H23ClO4/c1-13-8-4-5-9-14(13)15-16(24-18(23)19(2,3)12-21)20(25-17(15)22)10-6-7-11-20/h4-5,8-9H,6-7,10-12H2,1-3H3. The number of halogens is 1. The van der Waals surface area contributed by atoms with Crippen molar-refractivity contribution in [2.45, 2.75) is 52.1 Å². The Balaban J connectivity index is 2.12. The second-order valence-electron chi connectivity index (χ2n) is 7.52. The molecule has 2 aliphatic rings. The summed E-state index contributed by atoms with van der Waals surface area (Å²) in [6.45, 7) is 5.39. The first-order chi connectivity index (χ1) is 11.8. The Bertz CT molecular complexity index is 742. The number of hydrogen-bond acceptors (Lipinski definition) is 4. The van der Waals surface area contributed by atoms with Gasteiger partial charge in [-0.05, 0) is 57.6 Å². The molecule has 0 radical (unpaired) electrons. The topological polar surface area (TPSA) is 52.6 Å². The van der Waals surface area contributed by atoms with Crippen LogP contribution >= 0.6 is 11.6 Å². The number of carbonyl (C=O) groups is 2. The lowest BCUT2D eigenvalue weighted by molar-refractivity contribution is -0.156. The molecule has 4 nitrogen and oxygen atoms in total. The van der Waals surface area contributed by atoms with Gasteiger partial charge < -0.3 is 9.47 Å². The van der Waals surface area contributed by atoms with Gasteiger partial charge in [0, 0.05) is 5.88 Å². The lowest BCUT2D eigenvalue weighted by atomic mass is 9.92. The van der Waals surface area contributed by atoms with Crippen molar-refractivity contribution in [2.24, 2.45) is 5.41 Å². The van der Waals surface area contributed by atoms with Crippen LogP contribution in [-0.4, -0.2) is 23.4 Å². The lowest BCUT2D eigenvalue weighted by Gasteiger charge is -2.27. The highest BCUT2D eigenvalue weighted by atomic mass is 35.5. The molecule has 0 amide bonds. The van der Waals surface area contributed by atoms with Crippen LogP contribution in [0.4, 0.5) is 0 Å². The summed E-state index contributed by atoms with van der Waals surface area (Å²) in [6.07, 6.45) is 3.23. The molecule has 1 saturated carbocycles. The van der Waals surface area contributed by atoms with E-state index in [0.29, 0.717) is 24.2 Å². The highest BCUT2D eigenvalue weighted by Gasteiger charge is 2.53. The van der Waals surface area contributed by atoms with Gasteiger partial charge in [-0.1, -0.05) is 24.3 Å². The van der Waals surface area contributed by atoms with E-state index in [0.717, 1.165) is 24.0 Å². The highest BCUT2D eigenvalue weighted by molar-refractivity contribution is 6.21. The van der Waals surface area contributed by atoms with Gasteiger partial charge >= 0.3 is 11.9 Å². The molecule has 1 aliphatic carbocycles. The fraction of sp³-hybridized carbons (Fsp3) is 0.500. The number of carbonyl (C=O) groups excluding carboxylic acids is 2. The molecule has 0 aromatic heterocycles. The molecule has 1 aromatic rings. The maximum absolute atomic E-state index is 12.7. The summed E-state index contributed by atoms with van der Waals surface area (Å²) in [6, 6.07) is 7.57. The number of alkyl halides is 1. The van der Waals surface area contributed by atoms with E-state index in [2.05, 4.69) is 0 Å². The molecule has 0 bridgehead atoms. The van der Waals surface area contributed by atoms with Crippen LogP contribution in [-0.2, 0) is 19.1 Å². The molecule has 5 heteroatoms. The van der Waals surface area contributed by atoms with Crippen molar-refractivity contribution in [2.75, 3.05) is 5.88 Å². The minimum Gasteiger partial charge on any atom is -0.447 e. The number of aryl methyl sites for hydroxylation is 1. The van der Waals surface area contributed by atoms with Crippen LogP contribution in [0.25, 0.3) is 5.57 Å². The number of benzene rings is 1. The minimum absolute atomic E-state index is 0.139. The maximum Gasteiger partial charge on any atom is 0.343 e. The molecule has 0 atom stereocenters. The van der Waals surface area contributed by atoms with Crippen LogP contribution in [0.5, 0.6) is 0 Å². The Labute approximate surface area is 153 Å². The van der Waals surface area contributed by atoms with Crippen molar-refractivity contribution < 1.29 is 19.1 Å². The van der Waals surface area contributed by atoms with Crippen LogP contribution in [0.2, 0.25) is 0 Å². The Hall–Kier alpha value is -1.81. The van der Waals surface area contributed by atoms with Gasteiger partial charge in [-0.2, -0.15) is 0 Å². The third-order valence-corrected chi connectivity index (χ3v) is 5.71. The molecule has 0 N–H and O–H groups in total. The van der Waals surface area contributed by atoms with E-state index in [1.807, 2.05) is 31.2 Å². The van der Waals surface area contributed by atoms with Crippen LogP contribution < -0.4 is 0 Å². The molecule has 1 heterocycles.